The van der Waals surface area contributed by atoms with Crippen LogP contribution in [0.25, 0.3) is 0 Å². The van der Waals surface area contributed by atoms with Gasteiger partial charge in [0.05, 0.1) is 5.69 Å². The number of hydrogen-bond acceptors (Lipinski definition) is 3. The number of likely N-dealkylation sites (tertiary alicyclic amines) is 1. The van der Waals surface area contributed by atoms with Crippen molar-refractivity contribution in [3.8, 4) is 0 Å². The molecule has 1 amide bonds. The Morgan fingerprint density at radius 1 is 1.17 bits per heavy atom. The highest BCUT2D eigenvalue weighted by atomic mass is 16.2. The van der Waals surface area contributed by atoms with Gasteiger partial charge in [0.15, 0.2) is 5.69 Å². The molecule has 0 aromatic carbocycles. The van der Waals surface area contributed by atoms with Crippen LogP contribution in [0.15, 0.2) is 0 Å². The molecule has 2 heterocycles. The second-order valence-corrected chi connectivity index (χ2v) is 7.84. The van der Waals surface area contributed by atoms with Crippen LogP contribution >= 0.6 is 0 Å². The van der Waals surface area contributed by atoms with E-state index in [1.54, 1.807) is 0 Å². The Morgan fingerprint density at radius 2 is 1.91 bits per heavy atom. The maximum atomic E-state index is 12.9. The minimum Gasteiger partial charge on any atom is -0.337 e. The van der Waals surface area contributed by atoms with Crippen molar-refractivity contribution in [3.63, 3.8) is 0 Å². The second kappa shape index (κ2) is 7.02. The van der Waals surface area contributed by atoms with Crippen molar-refractivity contribution in [1.29, 1.82) is 0 Å². The second-order valence-electron chi connectivity index (χ2n) is 7.84. The summed E-state index contributed by atoms with van der Waals surface area (Å²) in [5.74, 6) is 2.03. The summed E-state index contributed by atoms with van der Waals surface area (Å²) in [6, 6.07) is 0. The topological polar surface area (TPSA) is 51.0 Å². The van der Waals surface area contributed by atoms with Gasteiger partial charge in [-0.1, -0.05) is 31.9 Å². The first-order chi connectivity index (χ1) is 11.0. The van der Waals surface area contributed by atoms with Crippen LogP contribution in [0.1, 0.15) is 68.6 Å². The van der Waals surface area contributed by atoms with Gasteiger partial charge < -0.3 is 4.90 Å². The molecule has 2 aliphatic rings. The molecule has 3 rings (SSSR count). The van der Waals surface area contributed by atoms with Crippen molar-refractivity contribution in [2.24, 2.45) is 17.8 Å². The van der Waals surface area contributed by atoms with Crippen molar-refractivity contribution in [1.82, 2.24) is 19.9 Å². The van der Waals surface area contributed by atoms with Gasteiger partial charge in [0.1, 0.15) is 0 Å². The maximum absolute atomic E-state index is 12.9. The van der Waals surface area contributed by atoms with Crippen molar-refractivity contribution >= 4 is 5.91 Å². The summed E-state index contributed by atoms with van der Waals surface area (Å²) in [5.41, 5.74) is 1.50. The predicted molar refractivity (Wildman–Crippen MR) is 90.2 cm³/mol. The molecule has 1 aliphatic carbocycles. The Balaban J connectivity index is 1.70. The molecule has 1 aromatic rings. The number of carbonyl (C=O) groups is 1. The van der Waals surface area contributed by atoms with Crippen LogP contribution in [0.5, 0.6) is 0 Å². The lowest BCUT2D eigenvalue weighted by atomic mass is 9.97. The van der Waals surface area contributed by atoms with E-state index < -0.39 is 0 Å². The fraction of sp³-hybridized carbons (Fsp3) is 0.833. The van der Waals surface area contributed by atoms with Gasteiger partial charge in [-0.25, -0.2) is 4.68 Å². The summed E-state index contributed by atoms with van der Waals surface area (Å²) in [6.45, 7) is 9.13. The van der Waals surface area contributed by atoms with Gasteiger partial charge in [-0.15, -0.1) is 5.10 Å². The summed E-state index contributed by atoms with van der Waals surface area (Å²) in [4.78, 5) is 14.9. The molecule has 0 unspecified atom stereocenters. The molecule has 0 bridgehead atoms. The zero-order valence-corrected chi connectivity index (χ0v) is 14.8. The SMILES string of the molecule is Cc1c(C(=O)N2CC[C@@H](C)C[C@@H](C)C2)nnn1CC1CCCC1. The van der Waals surface area contributed by atoms with E-state index in [1.807, 2.05) is 16.5 Å². The van der Waals surface area contributed by atoms with Gasteiger partial charge in [0, 0.05) is 19.6 Å². The van der Waals surface area contributed by atoms with Crippen LogP contribution < -0.4 is 0 Å². The lowest BCUT2D eigenvalue weighted by Crippen LogP contribution is -2.34. The first-order valence-corrected chi connectivity index (χ1v) is 9.24. The lowest BCUT2D eigenvalue weighted by molar-refractivity contribution is 0.0737. The summed E-state index contributed by atoms with van der Waals surface area (Å²) in [5, 5.41) is 8.50. The van der Waals surface area contributed by atoms with Crippen LogP contribution in [0, 0.1) is 24.7 Å². The van der Waals surface area contributed by atoms with E-state index in [0.29, 0.717) is 23.4 Å². The first-order valence-electron chi connectivity index (χ1n) is 9.24. The third kappa shape index (κ3) is 3.75. The third-order valence-corrected chi connectivity index (χ3v) is 5.61. The molecule has 23 heavy (non-hydrogen) atoms. The number of carbonyl (C=O) groups excluding carboxylic acids is 1. The molecule has 0 spiro atoms. The molecule has 1 aromatic heterocycles. The van der Waals surface area contributed by atoms with Gasteiger partial charge in [0.2, 0.25) is 0 Å². The number of nitrogens with zero attached hydrogens (tertiary/aromatic N) is 4. The van der Waals surface area contributed by atoms with E-state index in [4.69, 9.17) is 0 Å². The zero-order valence-electron chi connectivity index (χ0n) is 14.8. The molecule has 1 aliphatic heterocycles. The molecule has 0 N–H and O–H groups in total. The number of amides is 1. The molecule has 128 valence electrons. The van der Waals surface area contributed by atoms with Crippen molar-refractivity contribution in [3.05, 3.63) is 11.4 Å². The van der Waals surface area contributed by atoms with Crippen LogP contribution in [0.3, 0.4) is 0 Å². The molecule has 2 atom stereocenters. The summed E-state index contributed by atoms with van der Waals surface area (Å²) in [7, 11) is 0. The standard InChI is InChI=1S/C18H30N4O/c1-13-8-9-21(11-14(2)10-13)18(23)17-15(3)22(20-19-17)12-16-6-4-5-7-16/h13-14,16H,4-12H2,1-3H3/t13-,14-/m1/s1. The van der Waals surface area contributed by atoms with E-state index >= 15 is 0 Å². The number of hydrogen-bond donors (Lipinski definition) is 0. The van der Waals surface area contributed by atoms with E-state index in [0.717, 1.165) is 31.7 Å². The Kier molecular flexibility index (Phi) is 5.02. The Bertz CT molecular complexity index is 547. The van der Waals surface area contributed by atoms with Crippen molar-refractivity contribution < 1.29 is 4.79 Å². The highest BCUT2D eigenvalue weighted by Gasteiger charge is 2.27. The molecule has 5 nitrogen and oxygen atoms in total. The average molecular weight is 318 g/mol. The summed E-state index contributed by atoms with van der Waals surface area (Å²) < 4.78 is 1.95. The molecule has 1 saturated heterocycles. The number of aromatic nitrogens is 3. The summed E-state index contributed by atoms with van der Waals surface area (Å²) >= 11 is 0. The third-order valence-electron chi connectivity index (χ3n) is 5.61. The number of rotatable bonds is 3. The first kappa shape index (κ1) is 16.5. The molecule has 1 saturated carbocycles. The molecule has 5 heteroatoms. The predicted octanol–water partition coefficient (Wildman–Crippen LogP) is 3.28. The van der Waals surface area contributed by atoms with Gasteiger partial charge in [0.25, 0.3) is 5.91 Å². The Labute approximate surface area is 139 Å². The van der Waals surface area contributed by atoms with E-state index in [1.165, 1.54) is 32.1 Å². The van der Waals surface area contributed by atoms with Crippen LogP contribution in [0.2, 0.25) is 0 Å². The monoisotopic (exact) mass is 318 g/mol. The summed E-state index contributed by atoms with van der Waals surface area (Å²) in [6.07, 6.45) is 7.51. The quantitative estimate of drug-likeness (QED) is 0.859. The minimum absolute atomic E-state index is 0.0705. The zero-order chi connectivity index (χ0) is 16.4. The van der Waals surface area contributed by atoms with Crippen LogP contribution in [-0.4, -0.2) is 38.9 Å². The Morgan fingerprint density at radius 3 is 2.65 bits per heavy atom. The fourth-order valence-corrected chi connectivity index (χ4v) is 4.23. The van der Waals surface area contributed by atoms with Gasteiger partial charge >= 0.3 is 0 Å². The van der Waals surface area contributed by atoms with Crippen molar-refractivity contribution in [2.75, 3.05) is 13.1 Å². The van der Waals surface area contributed by atoms with Gasteiger partial charge in [-0.05, 0) is 50.4 Å². The molecule has 0 radical (unpaired) electrons. The Hall–Kier alpha value is -1.39. The fourth-order valence-electron chi connectivity index (χ4n) is 4.23. The molecular weight excluding hydrogens is 288 g/mol. The average Bonchev–Trinajstić information content (AvgIpc) is 3.10. The van der Waals surface area contributed by atoms with E-state index in [9.17, 15) is 4.79 Å². The minimum atomic E-state index is 0.0705. The van der Waals surface area contributed by atoms with E-state index in [-0.39, 0.29) is 5.91 Å². The molecular formula is C18H30N4O. The normalized spacial score (nSPS) is 26.5. The highest BCUT2D eigenvalue weighted by molar-refractivity contribution is 5.93. The molecule has 2 fully saturated rings. The van der Waals surface area contributed by atoms with Crippen LogP contribution in [0.4, 0.5) is 0 Å². The van der Waals surface area contributed by atoms with Gasteiger partial charge in [-0.3, -0.25) is 4.79 Å². The lowest BCUT2D eigenvalue weighted by Gasteiger charge is -2.22. The highest BCUT2D eigenvalue weighted by Crippen LogP contribution is 2.27. The maximum Gasteiger partial charge on any atom is 0.276 e. The van der Waals surface area contributed by atoms with Gasteiger partial charge in [-0.2, -0.15) is 0 Å². The van der Waals surface area contributed by atoms with Crippen molar-refractivity contribution in [2.45, 2.75) is 65.8 Å². The largest absolute Gasteiger partial charge is 0.337 e. The smallest absolute Gasteiger partial charge is 0.276 e. The van der Waals surface area contributed by atoms with Crippen LogP contribution in [-0.2, 0) is 6.54 Å². The van der Waals surface area contributed by atoms with E-state index in [2.05, 4.69) is 24.2 Å².